The number of anilines is 2. The molecule has 2 fully saturated rings. The second kappa shape index (κ2) is 9.47. The molecule has 3 heteroatoms. The summed E-state index contributed by atoms with van der Waals surface area (Å²) < 4.78 is 0. The zero-order valence-corrected chi connectivity index (χ0v) is 16.3. The molecule has 3 rings (SSSR count). The molecule has 0 radical (unpaired) electrons. The van der Waals surface area contributed by atoms with E-state index in [4.69, 9.17) is 0 Å². The van der Waals surface area contributed by atoms with Gasteiger partial charge in [-0.15, -0.1) is 0 Å². The molecule has 2 N–H and O–H groups in total. The highest BCUT2D eigenvalue weighted by Gasteiger charge is 2.32. The van der Waals surface area contributed by atoms with E-state index in [2.05, 4.69) is 46.7 Å². The first-order valence-electron chi connectivity index (χ1n) is 10.6. The minimum absolute atomic E-state index is 0.601. The number of rotatable bonds is 5. The van der Waals surface area contributed by atoms with Crippen molar-refractivity contribution < 1.29 is 0 Å². The molecule has 1 saturated heterocycles. The van der Waals surface area contributed by atoms with Crippen LogP contribution in [0.4, 0.5) is 11.4 Å². The van der Waals surface area contributed by atoms with Gasteiger partial charge in [0.25, 0.3) is 0 Å². The lowest BCUT2D eigenvalue weighted by molar-refractivity contribution is 0.0713. The lowest BCUT2D eigenvalue weighted by Crippen LogP contribution is -2.51. The number of benzene rings is 1. The topological polar surface area (TPSA) is 27.3 Å². The van der Waals surface area contributed by atoms with Gasteiger partial charge in [-0.2, -0.15) is 0 Å². The van der Waals surface area contributed by atoms with Crippen molar-refractivity contribution >= 4 is 11.4 Å². The molecule has 0 spiro atoms. The Morgan fingerprint density at radius 3 is 2.32 bits per heavy atom. The first kappa shape index (κ1) is 18.6. The molecule has 3 nitrogen and oxygen atoms in total. The van der Waals surface area contributed by atoms with Gasteiger partial charge in [-0.05, 0) is 44.2 Å². The number of piperidine rings is 1. The molecule has 0 aromatic heterocycles. The predicted molar refractivity (Wildman–Crippen MR) is 110 cm³/mol. The number of hydrogen-bond acceptors (Lipinski definition) is 3. The Balaban J connectivity index is 1.60. The van der Waals surface area contributed by atoms with E-state index in [1.165, 1.54) is 82.1 Å². The molecule has 1 unspecified atom stereocenters. The predicted octanol–water partition coefficient (Wildman–Crippen LogP) is 5.50. The third kappa shape index (κ3) is 4.91. The molecule has 2 aliphatic rings. The zero-order valence-electron chi connectivity index (χ0n) is 16.3. The summed E-state index contributed by atoms with van der Waals surface area (Å²) in [5.41, 5.74) is 2.46. The van der Waals surface area contributed by atoms with Gasteiger partial charge in [0, 0.05) is 31.7 Å². The molecule has 1 saturated carbocycles. The molecule has 0 bridgehead atoms. The molecule has 1 aromatic rings. The van der Waals surface area contributed by atoms with Crippen LogP contribution in [0.15, 0.2) is 24.3 Å². The van der Waals surface area contributed by atoms with Crippen molar-refractivity contribution in [1.82, 2.24) is 4.90 Å². The van der Waals surface area contributed by atoms with Crippen molar-refractivity contribution in [2.45, 2.75) is 89.3 Å². The van der Waals surface area contributed by atoms with E-state index in [1.807, 2.05) is 7.05 Å². The van der Waals surface area contributed by atoms with Crippen molar-refractivity contribution in [1.29, 1.82) is 0 Å². The van der Waals surface area contributed by atoms with Crippen LogP contribution in [0.2, 0.25) is 0 Å². The lowest BCUT2D eigenvalue weighted by Gasteiger charge is -2.45. The number of nitrogens with one attached hydrogen (secondary N) is 2. The van der Waals surface area contributed by atoms with E-state index in [0.717, 1.165) is 12.1 Å². The normalized spacial score (nSPS) is 26.6. The Labute approximate surface area is 154 Å². The van der Waals surface area contributed by atoms with Crippen LogP contribution in [0.3, 0.4) is 0 Å². The Kier molecular flexibility index (Phi) is 7.03. The monoisotopic (exact) mass is 343 g/mol. The van der Waals surface area contributed by atoms with Crippen molar-refractivity contribution in [3.05, 3.63) is 24.3 Å². The fourth-order valence-corrected chi connectivity index (χ4v) is 4.90. The summed E-state index contributed by atoms with van der Waals surface area (Å²) in [5, 5.41) is 7.13. The molecule has 1 aliphatic carbocycles. The molecular formula is C22H37N3. The van der Waals surface area contributed by atoms with Crippen LogP contribution in [0, 0.1) is 0 Å². The average Bonchev–Trinajstić information content (AvgIpc) is 2.62. The summed E-state index contributed by atoms with van der Waals surface area (Å²) in [6.07, 6.45) is 13.9. The average molecular weight is 344 g/mol. The highest BCUT2D eigenvalue weighted by molar-refractivity contribution is 5.68. The van der Waals surface area contributed by atoms with Crippen molar-refractivity contribution in [2.24, 2.45) is 0 Å². The fraction of sp³-hybridized carbons (Fsp3) is 0.727. The molecule has 2 atom stereocenters. The van der Waals surface area contributed by atoms with Crippen molar-refractivity contribution in [3.63, 3.8) is 0 Å². The van der Waals surface area contributed by atoms with Gasteiger partial charge in [0.1, 0.15) is 0 Å². The van der Waals surface area contributed by atoms with Gasteiger partial charge < -0.3 is 10.6 Å². The summed E-state index contributed by atoms with van der Waals surface area (Å²) >= 11 is 0. The smallest absolute Gasteiger partial charge is 0.0578 e. The molecule has 1 heterocycles. The molecule has 140 valence electrons. The maximum atomic E-state index is 3.82. The van der Waals surface area contributed by atoms with Gasteiger partial charge in [0.15, 0.2) is 0 Å². The molecule has 1 aromatic carbocycles. The van der Waals surface area contributed by atoms with Gasteiger partial charge in [0.2, 0.25) is 0 Å². The fourth-order valence-electron chi connectivity index (χ4n) is 4.90. The van der Waals surface area contributed by atoms with E-state index in [9.17, 15) is 0 Å². The van der Waals surface area contributed by atoms with E-state index in [-0.39, 0.29) is 0 Å². The number of likely N-dealkylation sites (tertiary alicyclic amines) is 1. The van der Waals surface area contributed by atoms with Crippen LogP contribution in [0.5, 0.6) is 0 Å². The van der Waals surface area contributed by atoms with Crippen LogP contribution < -0.4 is 10.6 Å². The third-order valence-electron chi connectivity index (χ3n) is 6.33. The minimum Gasteiger partial charge on any atom is -0.386 e. The highest BCUT2D eigenvalue weighted by atomic mass is 15.2. The SMILES string of the molecule is CCC1C[C@H](Nc2ccccc2NC)CCN1C1CCCCCCC1. The van der Waals surface area contributed by atoms with Gasteiger partial charge in [-0.1, -0.05) is 51.2 Å². The van der Waals surface area contributed by atoms with E-state index < -0.39 is 0 Å². The van der Waals surface area contributed by atoms with Gasteiger partial charge in [-0.25, -0.2) is 0 Å². The maximum absolute atomic E-state index is 3.82. The van der Waals surface area contributed by atoms with Gasteiger partial charge in [0.05, 0.1) is 11.4 Å². The summed E-state index contributed by atoms with van der Waals surface area (Å²) in [7, 11) is 2.01. The maximum Gasteiger partial charge on any atom is 0.0578 e. The number of hydrogen-bond donors (Lipinski definition) is 2. The number of nitrogens with zero attached hydrogens (tertiary/aromatic N) is 1. The van der Waals surface area contributed by atoms with Crippen LogP contribution in [0.25, 0.3) is 0 Å². The summed E-state index contributed by atoms with van der Waals surface area (Å²) in [5.74, 6) is 0. The second-order valence-electron chi connectivity index (χ2n) is 7.96. The van der Waals surface area contributed by atoms with Crippen molar-refractivity contribution in [3.8, 4) is 0 Å². The standard InChI is InChI=1S/C22H37N3/c1-3-19-17-18(24-22-14-10-9-13-21(22)23-2)15-16-25(19)20-11-7-5-4-6-8-12-20/h9-10,13-14,18-20,23-24H,3-8,11-12,15-17H2,1-2H3/t18-,19?/m1/s1. The minimum atomic E-state index is 0.601. The third-order valence-corrected chi connectivity index (χ3v) is 6.33. The van der Waals surface area contributed by atoms with E-state index >= 15 is 0 Å². The Morgan fingerprint density at radius 1 is 0.960 bits per heavy atom. The van der Waals surface area contributed by atoms with E-state index in [1.54, 1.807) is 0 Å². The molecule has 1 aliphatic heterocycles. The highest BCUT2D eigenvalue weighted by Crippen LogP contribution is 2.31. The van der Waals surface area contributed by atoms with Crippen LogP contribution >= 0.6 is 0 Å². The Morgan fingerprint density at radius 2 is 1.64 bits per heavy atom. The summed E-state index contributed by atoms with van der Waals surface area (Å²) in [6, 6.07) is 10.8. The molecule has 25 heavy (non-hydrogen) atoms. The second-order valence-corrected chi connectivity index (χ2v) is 7.96. The van der Waals surface area contributed by atoms with Crippen LogP contribution in [-0.4, -0.2) is 36.6 Å². The van der Waals surface area contributed by atoms with Crippen LogP contribution in [-0.2, 0) is 0 Å². The Bertz CT molecular complexity index is 508. The largest absolute Gasteiger partial charge is 0.386 e. The first-order chi connectivity index (χ1) is 12.3. The quantitative estimate of drug-likeness (QED) is 0.739. The Hall–Kier alpha value is -1.22. The summed E-state index contributed by atoms with van der Waals surface area (Å²) in [6.45, 7) is 3.65. The lowest BCUT2D eigenvalue weighted by atomic mass is 9.89. The molecular weight excluding hydrogens is 306 g/mol. The summed E-state index contributed by atoms with van der Waals surface area (Å²) in [4.78, 5) is 2.88. The van der Waals surface area contributed by atoms with Crippen molar-refractivity contribution in [2.75, 3.05) is 24.2 Å². The van der Waals surface area contributed by atoms with Gasteiger partial charge in [-0.3, -0.25) is 4.90 Å². The van der Waals surface area contributed by atoms with Gasteiger partial charge >= 0.3 is 0 Å². The first-order valence-corrected chi connectivity index (χ1v) is 10.6. The molecule has 0 amide bonds. The van der Waals surface area contributed by atoms with Crippen LogP contribution in [0.1, 0.15) is 71.1 Å². The zero-order chi connectivity index (χ0) is 17.5. The van der Waals surface area contributed by atoms with E-state index in [0.29, 0.717) is 6.04 Å². The number of para-hydroxylation sites is 2.